The van der Waals surface area contributed by atoms with E-state index >= 15 is 0 Å². The first-order chi connectivity index (χ1) is 7.81. The topological polar surface area (TPSA) is 41.6 Å². The molecule has 17 heavy (non-hydrogen) atoms. The molecule has 2 N–H and O–H groups in total. The predicted molar refractivity (Wildman–Crippen MR) is 83.9 cm³/mol. The average molecular weight is 351 g/mol. The first-order valence-corrected chi connectivity index (χ1v) is 6.89. The molecule has 2 fully saturated rings. The second-order valence-electron chi connectivity index (χ2n) is 5.24. The maximum absolute atomic E-state index is 6.09. The van der Waals surface area contributed by atoms with E-state index in [1.807, 2.05) is 0 Å². The van der Waals surface area contributed by atoms with Gasteiger partial charge in [0.05, 0.1) is 6.04 Å². The van der Waals surface area contributed by atoms with E-state index in [4.69, 9.17) is 5.73 Å². The minimum absolute atomic E-state index is 0. The van der Waals surface area contributed by atoms with E-state index < -0.39 is 0 Å². The Kier molecular flexibility index (Phi) is 6.59. The molecule has 2 rings (SSSR count). The molecule has 0 aromatic carbocycles. The Morgan fingerprint density at radius 2 is 1.88 bits per heavy atom. The lowest BCUT2D eigenvalue weighted by atomic mass is 10.2. The third-order valence-electron chi connectivity index (χ3n) is 3.77. The molecule has 0 amide bonds. The average Bonchev–Trinajstić information content (AvgIpc) is 3.02. The molecule has 0 aromatic rings. The van der Waals surface area contributed by atoms with Crippen molar-refractivity contribution in [1.82, 2.24) is 4.90 Å². The monoisotopic (exact) mass is 351 g/mol. The molecule has 100 valence electrons. The van der Waals surface area contributed by atoms with Crippen molar-refractivity contribution in [3.63, 3.8) is 0 Å². The number of nitrogens with two attached hydrogens (primary N) is 1. The van der Waals surface area contributed by atoms with Crippen LogP contribution >= 0.6 is 24.0 Å². The number of rotatable bonds is 3. The van der Waals surface area contributed by atoms with Gasteiger partial charge in [-0.1, -0.05) is 26.2 Å². The van der Waals surface area contributed by atoms with Gasteiger partial charge >= 0.3 is 0 Å². The van der Waals surface area contributed by atoms with Crippen LogP contribution in [0.2, 0.25) is 0 Å². The van der Waals surface area contributed by atoms with E-state index in [1.54, 1.807) is 0 Å². The van der Waals surface area contributed by atoms with E-state index in [2.05, 4.69) is 16.8 Å². The van der Waals surface area contributed by atoms with Gasteiger partial charge in [-0.25, -0.2) is 4.99 Å². The first-order valence-electron chi connectivity index (χ1n) is 6.89. The maximum atomic E-state index is 6.09. The van der Waals surface area contributed by atoms with Crippen molar-refractivity contribution in [2.24, 2.45) is 16.6 Å². The van der Waals surface area contributed by atoms with Crippen molar-refractivity contribution in [1.29, 1.82) is 0 Å². The summed E-state index contributed by atoms with van der Waals surface area (Å²) < 4.78 is 0. The third-order valence-corrected chi connectivity index (χ3v) is 3.77. The van der Waals surface area contributed by atoms with E-state index in [0.29, 0.717) is 6.04 Å². The number of halogens is 1. The van der Waals surface area contributed by atoms with E-state index in [-0.39, 0.29) is 24.0 Å². The van der Waals surface area contributed by atoms with Crippen molar-refractivity contribution in [3.05, 3.63) is 0 Å². The highest BCUT2D eigenvalue weighted by Gasteiger charge is 2.36. The molecule has 4 heteroatoms. The van der Waals surface area contributed by atoms with Crippen LogP contribution in [0.25, 0.3) is 0 Å². The van der Waals surface area contributed by atoms with Crippen LogP contribution in [0.5, 0.6) is 0 Å². The number of guanidine groups is 1. The lowest BCUT2D eigenvalue weighted by molar-refractivity contribution is 0.428. The largest absolute Gasteiger partial charge is 0.370 e. The standard InChI is InChI=1S/C13H25N3.HI/c1-2-7-11-10-12(11)15-13(14)16-8-5-3-4-6-9-16;/h11-12H,2-10H2,1H3,(H2,14,15);1H. The SMILES string of the molecule is CCCC1CC1N=C(N)N1CCCCCC1.I. The Morgan fingerprint density at radius 1 is 1.24 bits per heavy atom. The van der Waals surface area contributed by atoms with Crippen LogP contribution in [0.3, 0.4) is 0 Å². The highest BCUT2D eigenvalue weighted by Crippen LogP contribution is 2.37. The van der Waals surface area contributed by atoms with E-state index in [0.717, 1.165) is 25.0 Å². The van der Waals surface area contributed by atoms with E-state index in [1.165, 1.54) is 44.9 Å². The minimum atomic E-state index is 0. The summed E-state index contributed by atoms with van der Waals surface area (Å²) in [5, 5.41) is 0. The van der Waals surface area contributed by atoms with Crippen molar-refractivity contribution in [2.75, 3.05) is 13.1 Å². The van der Waals surface area contributed by atoms with Crippen molar-refractivity contribution in [3.8, 4) is 0 Å². The fourth-order valence-corrected chi connectivity index (χ4v) is 2.62. The Morgan fingerprint density at radius 3 is 2.47 bits per heavy atom. The number of likely N-dealkylation sites (tertiary alicyclic amines) is 1. The highest BCUT2D eigenvalue weighted by molar-refractivity contribution is 14.0. The molecule has 1 heterocycles. The number of aliphatic imine (C=N–C) groups is 1. The summed E-state index contributed by atoms with van der Waals surface area (Å²) in [5.41, 5.74) is 6.09. The van der Waals surface area contributed by atoms with Gasteiger partial charge in [0.2, 0.25) is 0 Å². The summed E-state index contributed by atoms with van der Waals surface area (Å²) in [7, 11) is 0. The molecular weight excluding hydrogens is 325 g/mol. The Balaban J connectivity index is 0.00000144. The second kappa shape index (κ2) is 7.44. The van der Waals surface area contributed by atoms with Gasteiger partial charge in [0.25, 0.3) is 0 Å². The molecule has 1 saturated carbocycles. The van der Waals surface area contributed by atoms with Crippen LogP contribution in [0, 0.1) is 5.92 Å². The molecule has 3 nitrogen and oxygen atoms in total. The molecule has 0 spiro atoms. The van der Waals surface area contributed by atoms with Gasteiger partial charge in [-0.05, 0) is 31.6 Å². The summed E-state index contributed by atoms with van der Waals surface area (Å²) >= 11 is 0. The minimum Gasteiger partial charge on any atom is -0.370 e. The molecule has 0 aromatic heterocycles. The molecule has 0 bridgehead atoms. The Labute approximate surface area is 122 Å². The number of hydrogen-bond acceptors (Lipinski definition) is 1. The van der Waals surface area contributed by atoms with Crippen LogP contribution in [0.15, 0.2) is 4.99 Å². The third kappa shape index (κ3) is 4.64. The first kappa shape index (κ1) is 15.1. The molecule has 0 radical (unpaired) electrons. The van der Waals surface area contributed by atoms with Gasteiger partial charge in [0.1, 0.15) is 0 Å². The smallest absolute Gasteiger partial charge is 0.191 e. The van der Waals surface area contributed by atoms with Crippen molar-refractivity contribution < 1.29 is 0 Å². The van der Waals surface area contributed by atoms with Crippen LogP contribution < -0.4 is 5.73 Å². The summed E-state index contributed by atoms with van der Waals surface area (Å²) in [6.45, 7) is 4.47. The lowest BCUT2D eigenvalue weighted by Gasteiger charge is -2.21. The number of hydrogen-bond donors (Lipinski definition) is 1. The molecule has 2 unspecified atom stereocenters. The summed E-state index contributed by atoms with van der Waals surface area (Å²) in [6.07, 6.45) is 9.13. The molecule has 2 aliphatic rings. The van der Waals surface area contributed by atoms with Crippen LogP contribution in [-0.4, -0.2) is 30.0 Å². The maximum Gasteiger partial charge on any atom is 0.191 e. The van der Waals surface area contributed by atoms with Crippen LogP contribution in [-0.2, 0) is 0 Å². The van der Waals surface area contributed by atoms with Crippen molar-refractivity contribution in [2.45, 2.75) is 57.9 Å². The second-order valence-corrected chi connectivity index (χ2v) is 5.24. The molecule has 1 saturated heterocycles. The molecular formula is C13H26IN3. The van der Waals surface area contributed by atoms with Gasteiger partial charge in [0.15, 0.2) is 5.96 Å². The van der Waals surface area contributed by atoms with Gasteiger partial charge in [-0.3, -0.25) is 0 Å². The predicted octanol–water partition coefficient (Wildman–Crippen LogP) is 2.98. The van der Waals surface area contributed by atoms with Crippen molar-refractivity contribution >= 4 is 29.9 Å². The van der Waals surface area contributed by atoms with Gasteiger partial charge in [-0.15, -0.1) is 24.0 Å². The fourth-order valence-electron chi connectivity index (χ4n) is 2.62. The van der Waals surface area contributed by atoms with Crippen LogP contribution in [0.4, 0.5) is 0 Å². The Bertz CT molecular complexity index is 247. The highest BCUT2D eigenvalue weighted by atomic mass is 127. The molecule has 1 aliphatic carbocycles. The fraction of sp³-hybridized carbons (Fsp3) is 0.923. The number of nitrogens with zero attached hydrogens (tertiary/aromatic N) is 2. The molecule has 2 atom stereocenters. The quantitative estimate of drug-likeness (QED) is 0.483. The zero-order chi connectivity index (χ0) is 11.4. The zero-order valence-electron chi connectivity index (χ0n) is 10.9. The van der Waals surface area contributed by atoms with Gasteiger partial charge in [-0.2, -0.15) is 0 Å². The Hall–Kier alpha value is 0. The van der Waals surface area contributed by atoms with E-state index in [9.17, 15) is 0 Å². The lowest BCUT2D eigenvalue weighted by Crippen LogP contribution is -2.38. The summed E-state index contributed by atoms with van der Waals surface area (Å²) in [5.74, 6) is 1.64. The zero-order valence-corrected chi connectivity index (χ0v) is 13.2. The van der Waals surface area contributed by atoms with Gasteiger partial charge in [0, 0.05) is 13.1 Å². The summed E-state index contributed by atoms with van der Waals surface area (Å²) in [6, 6.07) is 0.545. The van der Waals surface area contributed by atoms with Gasteiger partial charge < -0.3 is 10.6 Å². The normalized spacial score (nSPS) is 29.5. The van der Waals surface area contributed by atoms with Crippen LogP contribution in [0.1, 0.15) is 51.9 Å². The summed E-state index contributed by atoms with van der Waals surface area (Å²) in [4.78, 5) is 6.96. The molecule has 1 aliphatic heterocycles.